The molecule has 1 nitrogen and oxygen atoms in total. The molecule has 0 fully saturated rings. The first-order valence-electron chi connectivity index (χ1n) is 3.76. The van der Waals surface area contributed by atoms with Gasteiger partial charge in [-0.05, 0) is 24.3 Å². The Hall–Kier alpha value is -0.856. The molecular formula is C10H8FNTi. The fourth-order valence-electron chi connectivity index (χ4n) is 1.16. The van der Waals surface area contributed by atoms with Crippen molar-refractivity contribution in [2.45, 2.75) is 0 Å². The third kappa shape index (κ3) is 2.08. The van der Waals surface area contributed by atoms with E-state index in [-0.39, 0.29) is 27.5 Å². The molecule has 0 aliphatic carbocycles. The van der Waals surface area contributed by atoms with Crippen LogP contribution in [0.5, 0.6) is 0 Å². The van der Waals surface area contributed by atoms with Crippen molar-refractivity contribution in [1.82, 2.24) is 4.57 Å². The second-order valence-electron chi connectivity index (χ2n) is 2.54. The molecule has 0 saturated heterocycles. The smallest absolute Gasteiger partial charge is 0.147 e. The number of nitrogens with zero attached hydrogens (tertiary/aromatic N) is 1. The molecule has 0 spiro atoms. The number of para-hydroxylation sites is 1. The summed E-state index contributed by atoms with van der Waals surface area (Å²) < 4.78 is 14.9. The molecule has 1 aromatic carbocycles. The maximum absolute atomic E-state index is 13.1. The molecular weight excluding hydrogens is 201 g/mol. The van der Waals surface area contributed by atoms with Gasteiger partial charge in [-0.2, -0.15) is 0 Å². The molecule has 3 heteroatoms. The van der Waals surface area contributed by atoms with Gasteiger partial charge >= 0.3 is 0 Å². The number of benzene rings is 1. The second-order valence-corrected chi connectivity index (χ2v) is 2.54. The van der Waals surface area contributed by atoms with Crippen LogP contribution in [0, 0.1) is 5.82 Å². The van der Waals surface area contributed by atoms with Gasteiger partial charge < -0.3 is 4.57 Å². The van der Waals surface area contributed by atoms with Gasteiger partial charge in [-0.15, -0.1) is 0 Å². The summed E-state index contributed by atoms with van der Waals surface area (Å²) >= 11 is 0. The van der Waals surface area contributed by atoms with Crippen LogP contribution in [0.4, 0.5) is 4.39 Å². The molecule has 0 bridgehead atoms. The molecule has 0 amide bonds. The average molecular weight is 209 g/mol. The monoisotopic (exact) mass is 209 g/mol. The second kappa shape index (κ2) is 4.40. The van der Waals surface area contributed by atoms with Gasteiger partial charge in [-0.25, -0.2) is 4.39 Å². The van der Waals surface area contributed by atoms with E-state index < -0.39 is 0 Å². The van der Waals surface area contributed by atoms with Gasteiger partial charge in [0.25, 0.3) is 0 Å². The van der Waals surface area contributed by atoms with Crippen molar-refractivity contribution in [3.8, 4) is 5.69 Å². The van der Waals surface area contributed by atoms with Crippen LogP contribution in [0.1, 0.15) is 0 Å². The van der Waals surface area contributed by atoms with E-state index in [1.54, 1.807) is 16.7 Å². The summed E-state index contributed by atoms with van der Waals surface area (Å²) in [5.74, 6) is -0.200. The molecule has 0 atom stereocenters. The largest absolute Gasteiger partial charge is 0.321 e. The zero-order valence-electron chi connectivity index (χ0n) is 6.94. The number of halogens is 1. The fourth-order valence-corrected chi connectivity index (χ4v) is 1.16. The van der Waals surface area contributed by atoms with Gasteiger partial charge in [-0.1, -0.05) is 12.1 Å². The Kier molecular flexibility index (Phi) is 3.46. The molecule has 1 heterocycles. The normalized spacial score (nSPS) is 9.31. The van der Waals surface area contributed by atoms with Gasteiger partial charge in [-0.3, -0.25) is 0 Å². The first kappa shape index (κ1) is 10.2. The molecule has 2 aromatic rings. The van der Waals surface area contributed by atoms with Crippen molar-refractivity contribution in [3.05, 3.63) is 54.6 Å². The Morgan fingerprint density at radius 2 is 1.54 bits per heavy atom. The van der Waals surface area contributed by atoms with Crippen LogP contribution < -0.4 is 0 Å². The molecule has 0 aliphatic heterocycles. The Labute approximate surface area is 91.1 Å². The first-order chi connectivity index (χ1) is 5.88. The molecule has 0 saturated carbocycles. The molecule has 0 radical (unpaired) electrons. The third-order valence-electron chi connectivity index (χ3n) is 1.74. The summed E-state index contributed by atoms with van der Waals surface area (Å²) in [5, 5.41) is 0. The number of hydrogen-bond acceptors (Lipinski definition) is 0. The van der Waals surface area contributed by atoms with Crippen molar-refractivity contribution in [3.63, 3.8) is 0 Å². The Morgan fingerprint density at radius 3 is 2.15 bits per heavy atom. The van der Waals surface area contributed by atoms with Crippen LogP contribution in [-0.2, 0) is 21.7 Å². The minimum absolute atomic E-state index is 0. The minimum Gasteiger partial charge on any atom is -0.321 e. The zero-order chi connectivity index (χ0) is 8.39. The van der Waals surface area contributed by atoms with Crippen molar-refractivity contribution >= 4 is 0 Å². The van der Waals surface area contributed by atoms with Gasteiger partial charge in [0.15, 0.2) is 0 Å². The third-order valence-corrected chi connectivity index (χ3v) is 1.74. The molecule has 1 aromatic heterocycles. The van der Waals surface area contributed by atoms with E-state index in [0.717, 1.165) is 0 Å². The summed E-state index contributed by atoms with van der Waals surface area (Å²) in [6, 6.07) is 10.4. The maximum Gasteiger partial charge on any atom is 0.147 e. The number of aromatic nitrogens is 1. The predicted molar refractivity (Wildman–Crippen MR) is 45.7 cm³/mol. The van der Waals surface area contributed by atoms with E-state index in [1.165, 1.54) is 6.07 Å². The van der Waals surface area contributed by atoms with Gasteiger partial charge in [0, 0.05) is 34.1 Å². The van der Waals surface area contributed by atoms with Gasteiger partial charge in [0.05, 0.1) is 5.69 Å². The summed E-state index contributed by atoms with van der Waals surface area (Å²) in [5.41, 5.74) is 0.586. The molecule has 0 aliphatic rings. The van der Waals surface area contributed by atoms with Crippen molar-refractivity contribution < 1.29 is 26.1 Å². The minimum atomic E-state index is -0.200. The summed E-state index contributed by atoms with van der Waals surface area (Å²) in [6.07, 6.45) is 3.64. The topological polar surface area (TPSA) is 4.93 Å². The van der Waals surface area contributed by atoms with Gasteiger partial charge in [0.1, 0.15) is 5.82 Å². The summed E-state index contributed by atoms with van der Waals surface area (Å²) in [7, 11) is 0. The van der Waals surface area contributed by atoms with E-state index >= 15 is 0 Å². The molecule has 13 heavy (non-hydrogen) atoms. The summed E-state index contributed by atoms with van der Waals surface area (Å²) in [6.45, 7) is 0. The van der Waals surface area contributed by atoms with E-state index in [2.05, 4.69) is 0 Å². The first-order valence-corrected chi connectivity index (χ1v) is 3.76. The van der Waals surface area contributed by atoms with Crippen LogP contribution in [-0.4, -0.2) is 4.57 Å². The number of hydrogen-bond donors (Lipinski definition) is 0. The SMILES string of the molecule is Fc1ccccc1-n1cccc1.[Ti]. The molecule has 64 valence electrons. The Bertz CT molecular complexity index is 370. The number of rotatable bonds is 1. The quantitative estimate of drug-likeness (QED) is 0.636. The van der Waals surface area contributed by atoms with Crippen molar-refractivity contribution in [1.29, 1.82) is 0 Å². The predicted octanol–water partition coefficient (Wildman–Crippen LogP) is 2.61. The van der Waals surface area contributed by atoms with Crippen LogP contribution >= 0.6 is 0 Å². The average Bonchev–Trinajstić information content (AvgIpc) is 2.57. The van der Waals surface area contributed by atoms with Gasteiger partial charge in [0.2, 0.25) is 0 Å². The maximum atomic E-state index is 13.1. The van der Waals surface area contributed by atoms with E-state index in [4.69, 9.17) is 0 Å². The standard InChI is InChI=1S/C10H8FN.Ti/c11-9-5-1-2-6-10(9)12-7-3-4-8-12;/h1-8H;. The molecule has 0 N–H and O–H groups in total. The van der Waals surface area contributed by atoms with Crippen LogP contribution in [0.15, 0.2) is 48.8 Å². The van der Waals surface area contributed by atoms with Crippen LogP contribution in [0.25, 0.3) is 5.69 Å². The van der Waals surface area contributed by atoms with Crippen LogP contribution in [0.3, 0.4) is 0 Å². The molecule has 0 unspecified atom stereocenters. The Balaban J connectivity index is 0.000000845. The van der Waals surface area contributed by atoms with Crippen molar-refractivity contribution in [2.75, 3.05) is 0 Å². The van der Waals surface area contributed by atoms with Crippen LogP contribution in [0.2, 0.25) is 0 Å². The molecule has 2 rings (SSSR count). The van der Waals surface area contributed by atoms with E-state index in [9.17, 15) is 4.39 Å². The van der Waals surface area contributed by atoms with E-state index in [0.29, 0.717) is 5.69 Å². The van der Waals surface area contributed by atoms with E-state index in [1.807, 2.05) is 30.6 Å². The summed E-state index contributed by atoms with van der Waals surface area (Å²) in [4.78, 5) is 0. The Morgan fingerprint density at radius 1 is 0.923 bits per heavy atom. The zero-order valence-corrected chi connectivity index (χ0v) is 8.51. The fraction of sp³-hybridized carbons (Fsp3) is 0. The van der Waals surface area contributed by atoms with Crippen molar-refractivity contribution in [2.24, 2.45) is 0 Å².